The van der Waals surface area contributed by atoms with Gasteiger partial charge in [-0.1, -0.05) is 5.11 Å². The van der Waals surface area contributed by atoms with Crippen molar-refractivity contribution in [2.45, 2.75) is 31.7 Å². The van der Waals surface area contributed by atoms with Crippen molar-refractivity contribution in [3.63, 3.8) is 0 Å². The summed E-state index contributed by atoms with van der Waals surface area (Å²) in [4.78, 5) is 66.4. The number of azide groups is 1. The Balaban J connectivity index is 2.14. The van der Waals surface area contributed by atoms with E-state index in [0.717, 1.165) is 4.57 Å². The molecule has 1 aromatic heterocycles. The van der Waals surface area contributed by atoms with E-state index in [1.807, 2.05) is 0 Å². The summed E-state index contributed by atoms with van der Waals surface area (Å²) in [6.45, 7) is -12.2. The van der Waals surface area contributed by atoms with Crippen molar-refractivity contribution in [3.05, 3.63) is 43.0 Å². The van der Waals surface area contributed by atoms with Gasteiger partial charge in [-0.25, -0.2) is 13.4 Å². The monoisotopic (exact) mass is 555 g/mol. The van der Waals surface area contributed by atoms with Crippen LogP contribution in [0.1, 0.15) is 18.2 Å². The second-order valence-corrected chi connectivity index (χ2v) is 14.6. The lowest BCUT2D eigenvalue weighted by molar-refractivity contribution is -0.0241. The molecule has 15 nitrogen and oxygen atoms in total. The summed E-state index contributed by atoms with van der Waals surface area (Å²) >= 11 is 13.4. The highest BCUT2D eigenvalue weighted by Gasteiger charge is 2.39. The second-order valence-electron chi connectivity index (χ2n) is 6.00. The number of H-pyrrole nitrogens is 1. The van der Waals surface area contributed by atoms with Gasteiger partial charge in [0.2, 0.25) is 0 Å². The second kappa shape index (κ2) is 10.3. The molecule has 21 heteroatoms. The van der Waals surface area contributed by atoms with E-state index in [1.165, 1.54) is 13.1 Å². The number of aromatic amines is 1. The summed E-state index contributed by atoms with van der Waals surface area (Å²) in [6, 6.07) is -0.862. The number of ether oxygens (including phenoxy) is 1. The lowest BCUT2D eigenvalue weighted by Crippen LogP contribution is -2.33. The van der Waals surface area contributed by atoms with Crippen LogP contribution in [0.15, 0.2) is 20.9 Å². The van der Waals surface area contributed by atoms with Crippen LogP contribution in [-0.2, 0) is 53.3 Å². The molecule has 0 aromatic carbocycles. The van der Waals surface area contributed by atoms with Gasteiger partial charge in [-0.2, -0.15) is 0 Å². The van der Waals surface area contributed by atoms with Crippen LogP contribution in [0.3, 0.4) is 0 Å². The van der Waals surface area contributed by atoms with E-state index in [0.29, 0.717) is 0 Å². The molecule has 0 aliphatic carbocycles. The topological polar surface area (TPSA) is 221 Å². The van der Waals surface area contributed by atoms with E-state index in [2.05, 4.69) is 47.2 Å². The SMILES string of the molecule is Cc1cn([C@H]2C[C@H](N=[N+]=[N-])[C@@H](COP(O)(=S)OP(O)(=S)OP(O)(O)=S)O2)c(=O)[nH]c1=O. The van der Waals surface area contributed by atoms with Gasteiger partial charge in [0.1, 0.15) is 6.23 Å². The highest BCUT2D eigenvalue weighted by Crippen LogP contribution is 2.66. The smallest absolute Gasteiger partial charge is 0.339 e. The fourth-order valence-corrected chi connectivity index (χ4v) is 9.74. The largest absolute Gasteiger partial charge is 0.352 e. The Morgan fingerprint density at radius 1 is 1.29 bits per heavy atom. The van der Waals surface area contributed by atoms with Crippen molar-refractivity contribution in [2.75, 3.05) is 6.61 Å². The van der Waals surface area contributed by atoms with Crippen LogP contribution in [0, 0.1) is 6.92 Å². The fraction of sp³-hybridized carbons (Fsp3) is 0.600. The molecule has 174 valence electrons. The van der Waals surface area contributed by atoms with Crippen LogP contribution < -0.4 is 11.2 Å². The summed E-state index contributed by atoms with van der Waals surface area (Å²) in [5.41, 5.74) is 7.69. The Labute approximate surface area is 188 Å². The zero-order chi connectivity index (χ0) is 23.6. The predicted molar refractivity (Wildman–Crippen MR) is 117 cm³/mol. The van der Waals surface area contributed by atoms with Gasteiger partial charge in [-0.15, -0.1) is 0 Å². The first kappa shape index (κ1) is 26.9. The standard InChI is InChI=1S/C10H16N5O10P3S3/c1-5-3-15(10(17)12-9(5)16)8-2-6(13-14-11)7(23-8)4-22-27(20,30)25-28(21,31)24-26(18,19)29/h3,6-8H,2,4H2,1H3,(H,20,30)(H,21,31)(H,12,16,17)(H2,18,19,29)/t6-,7+,8+,27?,28?/m0/s1. The van der Waals surface area contributed by atoms with Gasteiger partial charge in [0, 0.05) is 23.1 Å². The molecule has 31 heavy (non-hydrogen) atoms. The third-order valence-corrected chi connectivity index (χ3v) is 10.2. The van der Waals surface area contributed by atoms with Crippen molar-refractivity contribution in [1.82, 2.24) is 9.55 Å². The van der Waals surface area contributed by atoms with Gasteiger partial charge in [0.05, 0.1) is 18.8 Å². The number of aromatic nitrogens is 2. The minimum atomic E-state index is -4.45. The first-order valence-corrected chi connectivity index (χ1v) is 15.7. The summed E-state index contributed by atoms with van der Waals surface area (Å²) in [5.74, 6) is 0. The number of hydrogen-bond donors (Lipinski definition) is 5. The van der Waals surface area contributed by atoms with Crippen LogP contribution in [0.25, 0.3) is 10.4 Å². The molecule has 0 spiro atoms. The first-order chi connectivity index (χ1) is 14.1. The molecule has 0 saturated carbocycles. The van der Waals surface area contributed by atoms with Gasteiger partial charge < -0.3 is 28.8 Å². The molecule has 2 rings (SSSR count). The van der Waals surface area contributed by atoms with Gasteiger partial charge >= 0.3 is 25.8 Å². The number of rotatable bonds is 9. The highest BCUT2D eigenvalue weighted by molar-refractivity contribution is 8.17. The van der Waals surface area contributed by atoms with Crippen molar-refractivity contribution in [3.8, 4) is 0 Å². The minimum absolute atomic E-state index is 0.0255. The van der Waals surface area contributed by atoms with E-state index in [4.69, 9.17) is 36.4 Å². The van der Waals surface area contributed by atoms with Crippen LogP contribution in [0.2, 0.25) is 0 Å². The van der Waals surface area contributed by atoms with E-state index < -0.39 is 56.4 Å². The third kappa shape index (κ3) is 8.16. The Bertz CT molecular complexity index is 1150. The Morgan fingerprint density at radius 3 is 2.52 bits per heavy atom. The molecule has 0 bridgehead atoms. The van der Waals surface area contributed by atoms with Gasteiger partial charge in [0.25, 0.3) is 5.56 Å². The van der Waals surface area contributed by atoms with Crippen LogP contribution in [0.5, 0.6) is 0 Å². The van der Waals surface area contributed by atoms with Crippen molar-refractivity contribution in [1.29, 1.82) is 0 Å². The Morgan fingerprint density at radius 2 is 1.94 bits per heavy atom. The van der Waals surface area contributed by atoms with E-state index in [-0.39, 0.29) is 12.0 Å². The third-order valence-electron chi connectivity index (χ3n) is 3.68. The molecule has 1 fully saturated rings. The predicted octanol–water partition coefficient (Wildman–Crippen LogP) is 0.504. The van der Waals surface area contributed by atoms with Crippen molar-refractivity contribution in [2.24, 2.45) is 5.11 Å². The fourth-order valence-electron chi connectivity index (χ4n) is 2.49. The maximum absolute atomic E-state index is 12.1. The first-order valence-electron chi connectivity index (χ1n) is 7.92. The zero-order valence-electron chi connectivity index (χ0n) is 15.3. The molecule has 1 aliphatic rings. The number of nitrogens with one attached hydrogen (secondary N) is 1. The maximum Gasteiger partial charge on any atom is 0.339 e. The summed E-state index contributed by atoms with van der Waals surface area (Å²) in [7, 11) is 0. The molecule has 1 aliphatic heterocycles. The minimum Gasteiger partial charge on any atom is -0.352 e. The van der Waals surface area contributed by atoms with Gasteiger partial charge in [0.15, 0.2) is 0 Å². The van der Waals surface area contributed by atoms with E-state index in [1.54, 1.807) is 0 Å². The molecule has 5 N–H and O–H groups in total. The molecule has 1 aromatic rings. The van der Waals surface area contributed by atoms with E-state index in [9.17, 15) is 19.4 Å². The summed E-state index contributed by atoms with van der Waals surface area (Å²) in [5, 5.41) is 3.56. The molecule has 2 unspecified atom stereocenters. The average molecular weight is 555 g/mol. The van der Waals surface area contributed by atoms with Crippen LogP contribution in [-0.4, -0.2) is 47.9 Å². The zero-order valence-corrected chi connectivity index (χ0v) is 20.4. The summed E-state index contributed by atoms with van der Waals surface area (Å²) < 4.78 is 20.7. The lowest BCUT2D eigenvalue weighted by Gasteiger charge is -2.24. The molecule has 5 atom stereocenters. The molecular weight excluding hydrogens is 539 g/mol. The van der Waals surface area contributed by atoms with Crippen molar-refractivity contribution < 1.29 is 37.5 Å². The molecule has 1 saturated heterocycles. The molecule has 0 amide bonds. The summed E-state index contributed by atoms with van der Waals surface area (Å²) in [6.07, 6.45) is -0.658. The quantitative estimate of drug-likeness (QED) is 0.121. The van der Waals surface area contributed by atoms with E-state index >= 15 is 0 Å². The molecule has 0 radical (unpaired) electrons. The van der Waals surface area contributed by atoms with Gasteiger partial charge in [-0.05, 0) is 47.9 Å². The van der Waals surface area contributed by atoms with Crippen molar-refractivity contribution >= 4 is 55.6 Å². The van der Waals surface area contributed by atoms with Crippen LogP contribution in [0.4, 0.5) is 0 Å². The maximum atomic E-state index is 12.1. The number of nitrogens with zero attached hydrogens (tertiary/aromatic N) is 4. The molecular formula is C10H16N5O10P3S3. The normalized spacial score (nSPS) is 25.4. The molecule has 2 heterocycles. The Hall–Kier alpha value is -0.380. The Kier molecular flexibility index (Phi) is 8.90. The lowest BCUT2D eigenvalue weighted by atomic mass is 10.1. The number of hydrogen-bond acceptors (Lipinski definition) is 10. The highest BCUT2D eigenvalue weighted by atomic mass is 32.5. The average Bonchev–Trinajstić information content (AvgIpc) is 2.96. The van der Waals surface area contributed by atoms with Crippen LogP contribution >= 0.6 is 20.2 Å². The van der Waals surface area contributed by atoms with Gasteiger partial charge in [-0.3, -0.25) is 14.3 Å². The number of aryl methyl sites for hydroxylation is 1.